The van der Waals surface area contributed by atoms with E-state index in [0.717, 1.165) is 0 Å². The van der Waals surface area contributed by atoms with Crippen molar-refractivity contribution >= 4 is 16.9 Å². The van der Waals surface area contributed by atoms with Crippen molar-refractivity contribution in [3.8, 4) is 0 Å². The second-order valence-corrected chi connectivity index (χ2v) is 3.17. The molecule has 3 nitrogen and oxygen atoms in total. The van der Waals surface area contributed by atoms with Gasteiger partial charge in [0, 0.05) is 11.5 Å². The van der Waals surface area contributed by atoms with Gasteiger partial charge in [-0.25, -0.2) is 9.18 Å². The Morgan fingerprint density at radius 1 is 1.47 bits per heavy atom. The average molecular weight is 208 g/mol. The largest absolute Gasteiger partial charge is 0.465 e. The topological polar surface area (TPSA) is 39.4 Å². The first kappa shape index (κ1) is 9.71. The van der Waals surface area contributed by atoms with Crippen LogP contribution in [0.15, 0.2) is 22.6 Å². The van der Waals surface area contributed by atoms with Crippen LogP contribution in [0, 0.1) is 12.7 Å². The van der Waals surface area contributed by atoms with Gasteiger partial charge in [-0.2, -0.15) is 0 Å². The van der Waals surface area contributed by atoms with E-state index < -0.39 is 11.8 Å². The molecule has 78 valence electrons. The Balaban J connectivity index is 2.73. The van der Waals surface area contributed by atoms with Crippen molar-refractivity contribution in [3.05, 3.63) is 35.3 Å². The molecule has 1 heterocycles. The summed E-state index contributed by atoms with van der Waals surface area (Å²) in [5.74, 6) is -0.437. The molecule has 0 saturated carbocycles. The van der Waals surface area contributed by atoms with Gasteiger partial charge >= 0.3 is 5.97 Å². The second kappa shape index (κ2) is 3.38. The Hall–Kier alpha value is -1.84. The van der Waals surface area contributed by atoms with Gasteiger partial charge < -0.3 is 9.15 Å². The van der Waals surface area contributed by atoms with Gasteiger partial charge in [0.25, 0.3) is 0 Å². The predicted octanol–water partition coefficient (Wildman–Crippen LogP) is 2.67. The highest BCUT2D eigenvalue weighted by Gasteiger charge is 2.18. The van der Waals surface area contributed by atoms with Crippen molar-refractivity contribution in [1.82, 2.24) is 0 Å². The molecule has 0 N–H and O–H groups in total. The number of hydrogen-bond donors (Lipinski definition) is 0. The van der Waals surface area contributed by atoms with Crippen LogP contribution < -0.4 is 0 Å². The summed E-state index contributed by atoms with van der Waals surface area (Å²) in [6, 6.07) is 4.03. The molecule has 0 fully saturated rings. The molecule has 1 aromatic carbocycles. The molecule has 2 rings (SSSR count). The van der Waals surface area contributed by atoms with Crippen molar-refractivity contribution in [2.75, 3.05) is 7.11 Å². The maximum atomic E-state index is 12.9. The lowest BCUT2D eigenvalue weighted by molar-refractivity contribution is 0.0601. The first-order valence-electron chi connectivity index (χ1n) is 4.40. The summed E-state index contributed by atoms with van der Waals surface area (Å²) < 4.78 is 22.8. The number of benzene rings is 1. The fraction of sp³-hybridized carbons (Fsp3) is 0.182. The van der Waals surface area contributed by atoms with E-state index in [1.807, 2.05) is 0 Å². The molecule has 0 aliphatic heterocycles. The molecule has 0 amide bonds. The van der Waals surface area contributed by atoms with E-state index in [0.29, 0.717) is 22.3 Å². The number of carbonyl (C=O) groups excluding carboxylic acids is 1. The van der Waals surface area contributed by atoms with Crippen LogP contribution in [-0.2, 0) is 4.74 Å². The Kier molecular flexibility index (Phi) is 2.19. The molecule has 0 unspecified atom stereocenters. The highest BCUT2D eigenvalue weighted by atomic mass is 19.1. The monoisotopic (exact) mass is 208 g/mol. The molecule has 15 heavy (non-hydrogen) atoms. The molecule has 0 aliphatic rings. The van der Waals surface area contributed by atoms with Gasteiger partial charge in [-0.15, -0.1) is 0 Å². The minimum atomic E-state index is -0.474. The molecule has 0 spiro atoms. The number of aryl methyl sites for hydroxylation is 1. The summed E-state index contributed by atoms with van der Waals surface area (Å²) in [4.78, 5) is 11.4. The van der Waals surface area contributed by atoms with E-state index in [4.69, 9.17) is 4.42 Å². The highest BCUT2D eigenvalue weighted by Crippen LogP contribution is 2.26. The lowest BCUT2D eigenvalue weighted by Crippen LogP contribution is -2.01. The molecule has 1 aromatic heterocycles. The molecule has 0 saturated heterocycles. The Morgan fingerprint density at radius 3 is 2.87 bits per heavy atom. The Morgan fingerprint density at radius 2 is 2.20 bits per heavy atom. The van der Waals surface area contributed by atoms with Crippen LogP contribution in [0.2, 0.25) is 0 Å². The number of ether oxygens (including phenoxy) is 1. The lowest BCUT2D eigenvalue weighted by atomic mass is 10.1. The van der Waals surface area contributed by atoms with E-state index in [1.165, 1.54) is 25.3 Å². The van der Waals surface area contributed by atoms with E-state index in [2.05, 4.69) is 4.74 Å². The standard InChI is InChI=1S/C11H9FO3/c1-6-10(11(13)14-2)8-4-3-7(12)5-9(8)15-6/h3-5H,1-2H3. The van der Waals surface area contributed by atoms with Crippen LogP contribution in [0.1, 0.15) is 16.1 Å². The number of halogens is 1. The third kappa shape index (κ3) is 1.48. The maximum Gasteiger partial charge on any atom is 0.342 e. The van der Waals surface area contributed by atoms with Crippen LogP contribution in [0.4, 0.5) is 4.39 Å². The molecule has 2 aromatic rings. The van der Waals surface area contributed by atoms with Gasteiger partial charge in [-0.3, -0.25) is 0 Å². The van der Waals surface area contributed by atoms with Gasteiger partial charge in [-0.1, -0.05) is 0 Å². The summed E-state index contributed by atoms with van der Waals surface area (Å²) in [6.45, 7) is 1.64. The Labute approximate surface area is 85.4 Å². The predicted molar refractivity (Wildman–Crippen MR) is 52.2 cm³/mol. The van der Waals surface area contributed by atoms with Gasteiger partial charge in [0.1, 0.15) is 22.7 Å². The van der Waals surface area contributed by atoms with Crippen molar-refractivity contribution in [2.24, 2.45) is 0 Å². The number of methoxy groups -OCH3 is 1. The summed E-state index contributed by atoms with van der Waals surface area (Å²) in [7, 11) is 1.30. The fourth-order valence-corrected chi connectivity index (χ4v) is 1.55. The molecular weight excluding hydrogens is 199 g/mol. The lowest BCUT2D eigenvalue weighted by Gasteiger charge is -1.96. The van der Waals surface area contributed by atoms with E-state index in [-0.39, 0.29) is 0 Å². The quantitative estimate of drug-likeness (QED) is 0.676. The molecule has 0 aliphatic carbocycles. The van der Waals surface area contributed by atoms with E-state index in [1.54, 1.807) is 6.92 Å². The number of hydrogen-bond acceptors (Lipinski definition) is 3. The first-order chi connectivity index (χ1) is 7.13. The third-order valence-electron chi connectivity index (χ3n) is 2.22. The average Bonchev–Trinajstić information content (AvgIpc) is 2.52. The van der Waals surface area contributed by atoms with Gasteiger partial charge in [0.2, 0.25) is 0 Å². The normalized spacial score (nSPS) is 10.6. The van der Waals surface area contributed by atoms with Crippen molar-refractivity contribution in [2.45, 2.75) is 6.92 Å². The molecule has 0 bridgehead atoms. The van der Waals surface area contributed by atoms with Crippen LogP contribution in [0.5, 0.6) is 0 Å². The third-order valence-corrected chi connectivity index (χ3v) is 2.22. The Bertz CT molecular complexity index is 528. The molecule has 4 heteroatoms. The summed E-state index contributed by atoms with van der Waals surface area (Å²) >= 11 is 0. The van der Waals surface area contributed by atoms with Crippen molar-refractivity contribution in [1.29, 1.82) is 0 Å². The summed E-state index contributed by atoms with van der Waals surface area (Å²) in [5.41, 5.74) is 0.709. The van der Waals surface area contributed by atoms with Crippen molar-refractivity contribution < 1.29 is 18.3 Å². The van der Waals surface area contributed by atoms with Gasteiger partial charge in [0.05, 0.1) is 7.11 Å². The maximum absolute atomic E-state index is 12.9. The minimum Gasteiger partial charge on any atom is -0.465 e. The van der Waals surface area contributed by atoms with Gasteiger partial charge in [-0.05, 0) is 19.1 Å². The first-order valence-corrected chi connectivity index (χ1v) is 4.40. The smallest absolute Gasteiger partial charge is 0.342 e. The number of rotatable bonds is 1. The molecule has 0 radical (unpaired) electrons. The zero-order chi connectivity index (χ0) is 11.0. The van der Waals surface area contributed by atoms with Crippen LogP contribution in [0.3, 0.4) is 0 Å². The highest BCUT2D eigenvalue weighted by molar-refractivity contribution is 6.04. The molecular formula is C11H9FO3. The number of fused-ring (bicyclic) bond motifs is 1. The second-order valence-electron chi connectivity index (χ2n) is 3.17. The SMILES string of the molecule is COC(=O)c1c(C)oc2cc(F)ccc12. The number of carbonyl (C=O) groups is 1. The van der Waals surface area contributed by atoms with Crippen LogP contribution in [-0.4, -0.2) is 13.1 Å². The zero-order valence-electron chi connectivity index (χ0n) is 8.33. The van der Waals surface area contributed by atoms with Crippen molar-refractivity contribution in [3.63, 3.8) is 0 Å². The summed E-state index contributed by atoms with van der Waals surface area (Å²) in [6.07, 6.45) is 0. The molecule has 0 atom stereocenters. The van der Waals surface area contributed by atoms with Gasteiger partial charge in [0.15, 0.2) is 0 Å². The number of esters is 1. The fourth-order valence-electron chi connectivity index (χ4n) is 1.55. The van der Waals surface area contributed by atoms with Crippen LogP contribution >= 0.6 is 0 Å². The van der Waals surface area contributed by atoms with E-state index in [9.17, 15) is 9.18 Å². The van der Waals surface area contributed by atoms with Crippen LogP contribution in [0.25, 0.3) is 11.0 Å². The minimum absolute atomic E-state index is 0.354. The number of furan rings is 1. The summed E-state index contributed by atoms with van der Waals surface area (Å²) in [5, 5.41) is 0.570. The van der Waals surface area contributed by atoms with E-state index >= 15 is 0 Å². The zero-order valence-corrected chi connectivity index (χ0v) is 8.33.